The van der Waals surface area contributed by atoms with Crippen molar-refractivity contribution >= 4 is 57.9 Å². The zero-order valence-electron chi connectivity index (χ0n) is 19.0. The van der Waals surface area contributed by atoms with Gasteiger partial charge in [0.2, 0.25) is 0 Å². The summed E-state index contributed by atoms with van der Waals surface area (Å²) in [7, 11) is 0. The molecule has 6 nitrogen and oxygen atoms in total. The molecular formula is C26H19Cl2N5OS2. The van der Waals surface area contributed by atoms with E-state index in [1.54, 1.807) is 5.38 Å². The minimum absolute atomic E-state index is 0.241. The Balaban J connectivity index is 1.38. The van der Waals surface area contributed by atoms with Crippen molar-refractivity contribution in [1.82, 2.24) is 19.7 Å². The molecule has 5 aromatic rings. The standard InChI is InChI=1S/C26H19Cl2N5OS2/c1-16-9-11-18(12-10-16)29-25(34)22-14-35-23(30-22)15-36-26-32-31-24(20-7-2-3-8-21(20)28)33(26)19-6-4-5-17(27)13-19/h2-14H,15H2,1H3,(H,29,34). The van der Waals surface area contributed by atoms with Gasteiger partial charge in [0.05, 0.1) is 16.5 Å². The van der Waals surface area contributed by atoms with Gasteiger partial charge in [-0.15, -0.1) is 21.5 Å². The number of nitrogens with zero attached hydrogens (tertiary/aromatic N) is 4. The van der Waals surface area contributed by atoms with Gasteiger partial charge in [-0.25, -0.2) is 4.98 Å². The predicted octanol–water partition coefficient (Wildman–Crippen LogP) is 7.55. The number of benzene rings is 3. The minimum Gasteiger partial charge on any atom is -0.321 e. The van der Waals surface area contributed by atoms with Crippen LogP contribution in [0.4, 0.5) is 5.69 Å². The molecule has 36 heavy (non-hydrogen) atoms. The largest absolute Gasteiger partial charge is 0.321 e. The van der Waals surface area contributed by atoms with Crippen LogP contribution in [0.15, 0.2) is 83.3 Å². The maximum absolute atomic E-state index is 12.6. The number of nitrogens with one attached hydrogen (secondary N) is 1. The molecule has 5 rings (SSSR count). The fraction of sp³-hybridized carbons (Fsp3) is 0.0769. The molecule has 2 heterocycles. The van der Waals surface area contributed by atoms with Crippen LogP contribution in [0.2, 0.25) is 10.0 Å². The summed E-state index contributed by atoms with van der Waals surface area (Å²) >= 11 is 15.7. The number of aryl methyl sites for hydroxylation is 1. The van der Waals surface area contributed by atoms with E-state index in [9.17, 15) is 4.79 Å². The molecule has 0 atom stereocenters. The normalized spacial score (nSPS) is 11.0. The summed E-state index contributed by atoms with van der Waals surface area (Å²) in [5, 5.41) is 16.2. The van der Waals surface area contributed by atoms with Crippen LogP contribution in [-0.4, -0.2) is 25.7 Å². The minimum atomic E-state index is -0.241. The van der Waals surface area contributed by atoms with Crippen LogP contribution in [-0.2, 0) is 5.75 Å². The second-order valence-electron chi connectivity index (χ2n) is 7.84. The molecule has 0 fully saturated rings. The lowest BCUT2D eigenvalue weighted by Crippen LogP contribution is -2.12. The Kier molecular flexibility index (Phi) is 7.38. The Bertz CT molecular complexity index is 1530. The fourth-order valence-corrected chi connectivity index (χ4v) is 5.62. The number of anilines is 1. The quantitative estimate of drug-likeness (QED) is 0.211. The van der Waals surface area contributed by atoms with Gasteiger partial charge in [0.25, 0.3) is 5.91 Å². The summed E-state index contributed by atoms with van der Waals surface area (Å²) in [5.74, 6) is 0.890. The van der Waals surface area contributed by atoms with Crippen LogP contribution in [0.5, 0.6) is 0 Å². The summed E-state index contributed by atoms with van der Waals surface area (Å²) in [4.78, 5) is 17.1. The Labute approximate surface area is 226 Å². The van der Waals surface area contributed by atoms with Gasteiger partial charge in [0, 0.05) is 21.7 Å². The van der Waals surface area contributed by atoms with Crippen LogP contribution in [0.3, 0.4) is 0 Å². The zero-order valence-corrected chi connectivity index (χ0v) is 22.1. The lowest BCUT2D eigenvalue weighted by molar-refractivity contribution is 0.102. The monoisotopic (exact) mass is 551 g/mol. The predicted molar refractivity (Wildman–Crippen MR) is 148 cm³/mol. The van der Waals surface area contributed by atoms with Crippen LogP contribution in [0.25, 0.3) is 17.1 Å². The van der Waals surface area contributed by atoms with E-state index in [0.717, 1.165) is 27.5 Å². The number of amides is 1. The maximum atomic E-state index is 12.6. The lowest BCUT2D eigenvalue weighted by atomic mass is 10.2. The molecule has 2 aromatic heterocycles. The molecule has 0 saturated heterocycles. The highest BCUT2D eigenvalue weighted by Gasteiger charge is 2.19. The number of rotatable bonds is 7. The highest BCUT2D eigenvalue weighted by atomic mass is 35.5. The van der Waals surface area contributed by atoms with Gasteiger partial charge in [-0.2, -0.15) is 0 Å². The van der Waals surface area contributed by atoms with E-state index in [1.165, 1.54) is 23.1 Å². The summed E-state index contributed by atoms with van der Waals surface area (Å²) < 4.78 is 1.93. The molecule has 10 heteroatoms. The first-order valence-electron chi connectivity index (χ1n) is 10.9. The number of hydrogen-bond donors (Lipinski definition) is 1. The lowest BCUT2D eigenvalue weighted by Gasteiger charge is -2.11. The van der Waals surface area contributed by atoms with Crippen molar-refractivity contribution in [2.24, 2.45) is 0 Å². The smallest absolute Gasteiger partial charge is 0.275 e. The average molecular weight is 553 g/mol. The summed E-state index contributed by atoms with van der Waals surface area (Å²) in [5.41, 5.74) is 3.83. The summed E-state index contributed by atoms with van der Waals surface area (Å²) in [6.07, 6.45) is 0. The van der Waals surface area contributed by atoms with E-state index in [-0.39, 0.29) is 5.91 Å². The van der Waals surface area contributed by atoms with E-state index in [2.05, 4.69) is 20.5 Å². The van der Waals surface area contributed by atoms with Crippen molar-refractivity contribution in [2.45, 2.75) is 17.8 Å². The van der Waals surface area contributed by atoms with E-state index >= 15 is 0 Å². The van der Waals surface area contributed by atoms with Crippen molar-refractivity contribution < 1.29 is 4.79 Å². The number of carbonyl (C=O) groups excluding carboxylic acids is 1. The molecule has 180 valence electrons. The van der Waals surface area contributed by atoms with Crippen molar-refractivity contribution in [1.29, 1.82) is 0 Å². The molecule has 1 amide bonds. The molecule has 0 aliphatic heterocycles. The van der Waals surface area contributed by atoms with Gasteiger partial charge in [-0.3, -0.25) is 9.36 Å². The molecule has 0 aliphatic carbocycles. The molecule has 1 N–H and O–H groups in total. The fourth-order valence-electron chi connectivity index (χ4n) is 3.47. The average Bonchev–Trinajstić information content (AvgIpc) is 3.52. The van der Waals surface area contributed by atoms with Gasteiger partial charge in [-0.1, -0.05) is 70.9 Å². The van der Waals surface area contributed by atoms with Crippen molar-refractivity contribution in [3.8, 4) is 17.1 Å². The Morgan fingerprint density at radius 2 is 1.83 bits per heavy atom. The molecule has 3 aromatic carbocycles. The van der Waals surface area contributed by atoms with Crippen molar-refractivity contribution in [2.75, 3.05) is 5.32 Å². The van der Waals surface area contributed by atoms with Crippen LogP contribution >= 0.6 is 46.3 Å². The number of halogens is 2. The third-order valence-electron chi connectivity index (χ3n) is 5.23. The third-order valence-corrected chi connectivity index (χ3v) is 7.77. The topological polar surface area (TPSA) is 72.7 Å². The number of aromatic nitrogens is 4. The second-order valence-corrected chi connectivity index (χ2v) is 10.6. The SMILES string of the molecule is Cc1ccc(NC(=O)c2csc(CSc3nnc(-c4ccccc4Cl)n3-c3cccc(Cl)c3)n2)cc1. The number of carbonyl (C=O) groups is 1. The van der Waals surface area contributed by atoms with Gasteiger partial charge in [-0.05, 0) is 49.4 Å². The first-order valence-corrected chi connectivity index (χ1v) is 13.5. The first kappa shape index (κ1) is 24.5. The molecular weight excluding hydrogens is 533 g/mol. The van der Waals surface area contributed by atoms with E-state index in [1.807, 2.05) is 84.3 Å². The number of hydrogen-bond acceptors (Lipinski definition) is 6. The summed E-state index contributed by atoms with van der Waals surface area (Å²) in [6, 6.07) is 22.6. The second kappa shape index (κ2) is 10.8. The molecule has 0 spiro atoms. The molecule has 0 aliphatic rings. The Hall–Kier alpha value is -3.17. The van der Waals surface area contributed by atoms with Crippen LogP contribution in [0.1, 0.15) is 21.1 Å². The Morgan fingerprint density at radius 3 is 2.61 bits per heavy atom. The number of thioether (sulfide) groups is 1. The summed E-state index contributed by atoms with van der Waals surface area (Å²) in [6.45, 7) is 2.00. The molecule has 0 bridgehead atoms. The molecule has 0 radical (unpaired) electrons. The zero-order chi connectivity index (χ0) is 25.1. The molecule has 0 unspecified atom stereocenters. The van der Waals surface area contributed by atoms with E-state index in [0.29, 0.717) is 32.5 Å². The van der Waals surface area contributed by atoms with Gasteiger partial charge in [0.1, 0.15) is 10.7 Å². The van der Waals surface area contributed by atoms with Crippen molar-refractivity contribution in [3.05, 3.63) is 104 Å². The highest BCUT2D eigenvalue weighted by molar-refractivity contribution is 7.98. The van der Waals surface area contributed by atoms with Crippen molar-refractivity contribution in [3.63, 3.8) is 0 Å². The van der Waals surface area contributed by atoms with Gasteiger partial charge < -0.3 is 5.32 Å². The first-order chi connectivity index (χ1) is 17.5. The third kappa shape index (κ3) is 5.47. The van der Waals surface area contributed by atoms with Crippen LogP contribution < -0.4 is 5.32 Å². The van der Waals surface area contributed by atoms with Gasteiger partial charge in [0.15, 0.2) is 11.0 Å². The number of thiazole rings is 1. The molecule has 0 saturated carbocycles. The maximum Gasteiger partial charge on any atom is 0.275 e. The van der Waals surface area contributed by atoms with E-state index < -0.39 is 0 Å². The van der Waals surface area contributed by atoms with E-state index in [4.69, 9.17) is 23.2 Å². The Morgan fingerprint density at radius 1 is 1.03 bits per heavy atom. The van der Waals surface area contributed by atoms with Crippen LogP contribution in [0, 0.1) is 6.92 Å². The highest BCUT2D eigenvalue weighted by Crippen LogP contribution is 2.34. The van der Waals surface area contributed by atoms with Gasteiger partial charge >= 0.3 is 0 Å².